The molecule has 1 atom stereocenters. The minimum atomic E-state index is -0.491. The molecule has 4 nitrogen and oxygen atoms in total. The van der Waals surface area contributed by atoms with Gasteiger partial charge in [-0.05, 0) is 30.2 Å². The summed E-state index contributed by atoms with van der Waals surface area (Å²) >= 11 is 0. The molecule has 118 valence electrons. The highest BCUT2D eigenvalue weighted by atomic mass is 19.1. The maximum atomic E-state index is 13.2. The fourth-order valence-electron chi connectivity index (χ4n) is 2.88. The van der Waals surface area contributed by atoms with E-state index in [0.29, 0.717) is 12.1 Å². The first-order chi connectivity index (χ1) is 11.1. The Morgan fingerprint density at radius 1 is 1.35 bits per heavy atom. The monoisotopic (exact) mass is 312 g/mol. The van der Waals surface area contributed by atoms with Gasteiger partial charge in [0.25, 0.3) is 0 Å². The molecule has 0 unspecified atom stereocenters. The van der Waals surface area contributed by atoms with Crippen molar-refractivity contribution in [2.24, 2.45) is 5.92 Å². The van der Waals surface area contributed by atoms with Gasteiger partial charge in [0.05, 0.1) is 0 Å². The van der Waals surface area contributed by atoms with Crippen molar-refractivity contribution in [1.29, 1.82) is 0 Å². The molecule has 1 aliphatic rings. The predicted octanol–water partition coefficient (Wildman–Crippen LogP) is 3.02. The summed E-state index contributed by atoms with van der Waals surface area (Å²) < 4.78 is 13.2. The van der Waals surface area contributed by atoms with E-state index < -0.39 is 11.7 Å². The number of fused-ring (bicyclic) bond motifs is 1. The second-order valence-electron chi connectivity index (χ2n) is 5.78. The van der Waals surface area contributed by atoms with Crippen LogP contribution in [-0.2, 0) is 11.2 Å². The fourth-order valence-corrected chi connectivity index (χ4v) is 2.88. The van der Waals surface area contributed by atoms with Gasteiger partial charge in [-0.15, -0.1) is 0 Å². The van der Waals surface area contributed by atoms with Gasteiger partial charge in [-0.25, -0.2) is 4.39 Å². The lowest BCUT2D eigenvalue weighted by Gasteiger charge is -2.19. The average molecular weight is 312 g/mol. The number of halogens is 1. The van der Waals surface area contributed by atoms with Crippen LogP contribution in [0, 0.1) is 11.7 Å². The number of amides is 1. The van der Waals surface area contributed by atoms with Gasteiger partial charge in [0, 0.05) is 42.5 Å². The van der Waals surface area contributed by atoms with Crippen LogP contribution in [0.25, 0.3) is 0 Å². The van der Waals surface area contributed by atoms with Crippen molar-refractivity contribution in [2.45, 2.75) is 19.8 Å². The van der Waals surface area contributed by atoms with Gasteiger partial charge in [0.15, 0.2) is 5.78 Å². The smallest absolute Gasteiger partial charge is 0.227 e. The molecule has 0 fully saturated rings. The molecule has 0 saturated carbocycles. The van der Waals surface area contributed by atoms with Crippen molar-refractivity contribution in [3.63, 3.8) is 0 Å². The van der Waals surface area contributed by atoms with Crippen LogP contribution in [0.15, 0.2) is 42.7 Å². The lowest BCUT2D eigenvalue weighted by Crippen LogP contribution is -2.31. The van der Waals surface area contributed by atoms with Crippen LogP contribution in [0.3, 0.4) is 0 Å². The Hall–Kier alpha value is -2.56. The molecule has 23 heavy (non-hydrogen) atoms. The highest BCUT2D eigenvalue weighted by Crippen LogP contribution is 2.28. The number of rotatable bonds is 4. The van der Waals surface area contributed by atoms with Crippen LogP contribution in [0.4, 0.5) is 10.1 Å². The van der Waals surface area contributed by atoms with E-state index in [0.717, 1.165) is 17.7 Å². The summed E-state index contributed by atoms with van der Waals surface area (Å²) in [4.78, 5) is 30.6. The summed E-state index contributed by atoms with van der Waals surface area (Å²) in [5.41, 5.74) is 2.22. The largest absolute Gasteiger partial charge is 0.312 e. The number of pyridine rings is 1. The molecule has 0 aliphatic carbocycles. The Bertz CT molecular complexity index is 760. The Balaban J connectivity index is 1.70. The molecule has 3 rings (SSSR count). The summed E-state index contributed by atoms with van der Waals surface area (Å²) in [6.45, 7) is 2.31. The minimum absolute atomic E-state index is 0.0906. The summed E-state index contributed by atoms with van der Waals surface area (Å²) in [6.07, 6.45) is 4.31. The molecule has 2 aromatic rings. The molecule has 0 radical (unpaired) electrons. The zero-order valence-electron chi connectivity index (χ0n) is 12.8. The fraction of sp³-hybridized carbons (Fsp3) is 0.278. The molecule has 2 heterocycles. The van der Waals surface area contributed by atoms with E-state index in [1.54, 1.807) is 30.3 Å². The zero-order valence-corrected chi connectivity index (χ0v) is 12.8. The SMILES string of the molecule is C[C@H](CC(=O)N1CCc2cnccc21)C(=O)c1cccc(F)c1. The zero-order chi connectivity index (χ0) is 16.4. The molecule has 1 aromatic heterocycles. The van der Waals surface area contributed by atoms with E-state index in [4.69, 9.17) is 0 Å². The Morgan fingerprint density at radius 3 is 2.96 bits per heavy atom. The lowest BCUT2D eigenvalue weighted by molar-refractivity contribution is -0.119. The molecular formula is C18H17FN2O2. The first-order valence-corrected chi connectivity index (χ1v) is 7.59. The van der Waals surface area contributed by atoms with E-state index in [2.05, 4.69) is 4.98 Å². The predicted molar refractivity (Wildman–Crippen MR) is 84.8 cm³/mol. The standard InChI is InChI=1S/C18H17FN2O2/c1-12(18(23)13-3-2-4-15(19)10-13)9-17(22)21-8-6-14-11-20-7-5-16(14)21/h2-5,7,10-12H,6,8-9H2,1H3/t12-/m1/s1. The third-order valence-corrected chi connectivity index (χ3v) is 4.11. The summed E-state index contributed by atoms with van der Waals surface area (Å²) in [5, 5.41) is 0. The Labute approximate surface area is 134 Å². The molecule has 0 spiro atoms. The van der Waals surface area contributed by atoms with Crippen LogP contribution in [0.2, 0.25) is 0 Å². The number of Topliss-reactive ketones (excluding diaryl/α,β-unsaturated/α-hetero) is 1. The average Bonchev–Trinajstić information content (AvgIpc) is 2.98. The molecule has 0 saturated heterocycles. The molecule has 5 heteroatoms. The van der Waals surface area contributed by atoms with E-state index in [1.165, 1.54) is 18.2 Å². The number of hydrogen-bond acceptors (Lipinski definition) is 3. The molecular weight excluding hydrogens is 295 g/mol. The van der Waals surface area contributed by atoms with E-state index >= 15 is 0 Å². The highest BCUT2D eigenvalue weighted by molar-refractivity contribution is 6.02. The lowest BCUT2D eigenvalue weighted by atomic mass is 9.96. The molecule has 0 N–H and O–H groups in total. The number of carbonyl (C=O) groups is 2. The molecule has 1 aliphatic heterocycles. The van der Waals surface area contributed by atoms with E-state index in [-0.39, 0.29) is 18.1 Å². The van der Waals surface area contributed by atoms with E-state index in [9.17, 15) is 14.0 Å². The van der Waals surface area contributed by atoms with Gasteiger partial charge in [-0.1, -0.05) is 19.1 Å². The van der Waals surface area contributed by atoms with Gasteiger partial charge >= 0.3 is 0 Å². The van der Waals surface area contributed by atoms with E-state index in [1.807, 2.05) is 6.07 Å². The van der Waals surface area contributed by atoms with Crippen LogP contribution in [0.5, 0.6) is 0 Å². The molecule has 1 amide bonds. The summed E-state index contributed by atoms with van der Waals surface area (Å²) in [5.74, 6) is -1.25. The van der Waals surface area contributed by atoms with Crippen molar-refractivity contribution < 1.29 is 14.0 Å². The third kappa shape index (κ3) is 3.13. The number of ketones is 1. The quantitative estimate of drug-likeness (QED) is 0.815. The second-order valence-corrected chi connectivity index (χ2v) is 5.78. The number of nitrogens with zero attached hydrogens (tertiary/aromatic N) is 2. The van der Waals surface area contributed by atoms with Gasteiger partial charge in [0.2, 0.25) is 5.91 Å². The number of anilines is 1. The highest BCUT2D eigenvalue weighted by Gasteiger charge is 2.27. The normalized spacial score (nSPS) is 14.4. The van der Waals surface area contributed by atoms with Gasteiger partial charge in [-0.3, -0.25) is 14.6 Å². The van der Waals surface area contributed by atoms with Gasteiger partial charge in [0.1, 0.15) is 5.82 Å². The second kappa shape index (κ2) is 6.28. The first kappa shape index (κ1) is 15.3. The topological polar surface area (TPSA) is 50.3 Å². The minimum Gasteiger partial charge on any atom is -0.312 e. The number of aromatic nitrogens is 1. The Kier molecular flexibility index (Phi) is 4.19. The Morgan fingerprint density at radius 2 is 2.17 bits per heavy atom. The van der Waals surface area contributed by atoms with Crippen molar-refractivity contribution in [3.05, 3.63) is 59.7 Å². The van der Waals surface area contributed by atoms with Crippen LogP contribution >= 0.6 is 0 Å². The van der Waals surface area contributed by atoms with Crippen LogP contribution < -0.4 is 4.90 Å². The number of benzene rings is 1. The van der Waals surface area contributed by atoms with Gasteiger partial charge in [-0.2, -0.15) is 0 Å². The molecule has 1 aromatic carbocycles. The summed E-state index contributed by atoms with van der Waals surface area (Å²) in [7, 11) is 0. The first-order valence-electron chi connectivity index (χ1n) is 7.59. The van der Waals surface area contributed by atoms with Crippen molar-refractivity contribution >= 4 is 17.4 Å². The number of carbonyl (C=O) groups excluding carboxylic acids is 2. The number of hydrogen-bond donors (Lipinski definition) is 0. The molecule has 0 bridgehead atoms. The van der Waals surface area contributed by atoms with Gasteiger partial charge < -0.3 is 4.90 Å². The maximum Gasteiger partial charge on any atom is 0.227 e. The van der Waals surface area contributed by atoms with Crippen molar-refractivity contribution in [3.8, 4) is 0 Å². The summed E-state index contributed by atoms with van der Waals surface area (Å²) in [6, 6.07) is 7.39. The van der Waals surface area contributed by atoms with Crippen LogP contribution in [0.1, 0.15) is 29.3 Å². The maximum absolute atomic E-state index is 13.2. The van der Waals surface area contributed by atoms with Crippen molar-refractivity contribution in [1.82, 2.24) is 4.98 Å². The third-order valence-electron chi connectivity index (χ3n) is 4.11. The van der Waals surface area contributed by atoms with Crippen molar-refractivity contribution in [2.75, 3.05) is 11.4 Å². The van der Waals surface area contributed by atoms with Crippen LogP contribution in [-0.4, -0.2) is 23.2 Å².